The molecule has 1 aromatic heterocycles. The van der Waals surface area contributed by atoms with Crippen LogP contribution in [-0.4, -0.2) is 39.7 Å². The van der Waals surface area contributed by atoms with E-state index in [1.807, 2.05) is 0 Å². The summed E-state index contributed by atoms with van der Waals surface area (Å²) in [5, 5.41) is 8.82. The van der Waals surface area contributed by atoms with Gasteiger partial charge in [-0.15, -0.1) is 0 Å². The van der Waals surface area contributed by atoms with E-state index in [-0.39, 0.29) is 6.61 Å². The van der Waals surface area contributed by atoms with Crippen molar-refractivity contribution in [2.45, 2.75) is 13.0 Å². The third kappa shape index (κ3) is 1.83. The van der Waals surface area contributed by atoms with Crippen molar-refractivity contribution in [3.05, 3.63) is 17.5 Å². The zero-order valence-electron chi connectivity index (χ0n) is 7.98. The molecule has 5 nitrogen and oxygen atoms in total. The summed E-state index contributed by atoms with van der Waals surface area (Å²) in [7, 11) is 0. The van der Waals surface area contributed by atoms with Crippen molar-refractivity contribution in [2.24, 2.45) is 0 Å². The minimum Gasteiger partial charge on any atom is -0.395 e. The van der Waals surface area contributed by atoms with Crippen LogP contribution in [0.4, 0.5) is 5.95 Å². The summed E-state index contributed by atoms with van der Waals surface area (Å²) in [6.07, 6.45) is 2.74. The molecule has 0 unspecified atom stereocenters. The highest BCUT2D eigenvalue weighted by Crippen LogP contribution is 2.16. The van der Waals surface area contributed by atoms with Crippen molar-refractivity contribution in [3.63, 3.8) is 0 Å². The van der Waals surface area contributed by atoms with E-state index in [1.165, 1.54) is 5.56 Å². The molecule has 5 heteroatoms. The zero-order valence-corrected chi connectivity index (χ0v) is 7.98. The number of anilines is 1. The summed E-state index contributed by atoms with van der Waals surface area (Å²) >= 11 is 0. The van der Waals surface area contributed by atoms with E-state index in [0.29, 0.717) is 12.5 Å². The number of nitrogens with two attached hydrogens (primary N) is 1. The first-order chi connectivity index (χ1) is 6.79. The Hall–Kier alpha value is -1.20. The zero-order chi connectivity index (χ0) is 9.97. The predicted octanol–water partition coefficient (Wildman–Crippen LogP) is -0.591. The molecule has 0 radical (unpaired) electrons. The summed E-state index contributed by atoms with van der Waals surface area (Å²) in [6, 6.07) is 0. The summed E-state index contributed by atoms with van der Waals surface area (Å²) in [5.41, 5.74) is 7.68. The fourth-order valence-electron chi connectivity index (χ4n) is 1.70. The van der Waals surface area contributed by atoms with E-state index in [0.717, 1.165) is 25.2 Å². The lowest BCUT2D eigenvalue weighted by Crippen LogP contribution is -2.33. The largest absolute Gasteiger partial charge is 0.395 e. The van der Waals surface area contributed by atoms with Crippen LogP contribution in [0.15, 0.2) is 6.20 Å². The molecule has 0 amide bonds. The average molecular weight is 194 g/mol. The number of nitrogens with zero attached hydrogens (tertiary/aromatic N) is 3. The number of hydrogen-bond acceptors (Lipinski definition) is 5. The number of β-amino-alcohol motifs (C(OH)–C–C–N with tert-alkyl or cyclic N) is 1. The summed E-state index contributed by atoms with van der Waals surface area (Å²) in [6.45, 7) is 2.61. The normalized spacial score (nSPS) is 16.6. The van der Waals surface area contributed by atoms with Crippen LogP contribution in [0.2, 0.25) is 0 Å². The smallest absolute Gasteiger partial charge is 0.220 e. The van der Waals surface area contributed by atoms with E-state index in [2.05, 4.69) is 14.9 Å². The van der Waals surface area contributed by atoms with Crippen molar-refractivity contribution in [1.29, 1.82) is 0 Å². The molecule has 1 aliphatic rings. The Morgan fingerprint density at radius 3 is 3.21 bits per heavy atom. The maximum absolute atomic E-state index is 8.82. The van der Waals surface area contributed by atoms with Crippen molar-refractivity contribution in [2.75, 3.05) is 25.4 Å². The summed E-state index contributed by atoms with van der Waals surface area (Å²) in [4.78, 5) is 10.3. The maximum Gasteiger partial charge on any atom is 0.220 e. The van der Waals surface area contributed by atoms with Gasteiger partial charge >= 0.3 is 0 Å². The lowest BCUT2D eigenvalue weighted by molar-refractivity contribution is 0.182. The quantitative estimate of drug-likeness (QED) is 0.658. The van der Waals surface area contributed by atoms with Gasteiger partial charge in [0.1, 0.15) is 0 Å². The van der Waals surface area contributed by atoms with Crippen LogP contribution in [0.5, 0.6) is 0 Å². The molecule has 2 rings (SSSR count). The second-order valence-electron chi connectivity index (χ2n) is 3.45. The third-order valence-corrected chi connectivity index (χ3v) is 2.46. The first-order valence-corrected chi connectivity index (χ1v) is 4.73. The van der Waals surface area contributed by atoms with Crippen LogP contribution in [0, 0.1) is 0 Å². The number of aliphatic hydroxyl groups is 1. The first kappa shape index (κ1) is 9.36. The van der Waals surface area contributed by atoms with Crippen LogP contribution in [0.1, 0.15) is 11.3 Å². The van der Waals surface area contributed by atoms with Gasteiger partial charge < -0.3 is 10.8 Å². The highest BCUT2D eigenvalue weighted by molar-refractivity contribution is 5.26. The standard InChI is InChI=1S/C9H14N4O/c10-9-11-5-7-1-2-13(3-4-14)6-8(7)12-9/h5,14H,1-4,6H2,(H2,10,11,12). The van der Waals surface area contributed by atoms with Gasteiger partial charge in [-0.1, -0.05) is 0 Å². The SMILES string of the molecule is Nc1ncc2c(n1)CN(CCO)CC2. The van der Waals surface area contributed by atoms with E-state index in [4.69, 9.17) is 10.8 Å². The van der Waals surface area contributed by atoms with Crippen molar-refractivity contribution in [1.82, 2.24) is 14.9 Å². The monoisotopic (exact) mass is 194 g/mol. The molecule has 0 saturated heterocycles. The Morgan fingerprint density at radius 2 is 2.43 bits per heavy atom. The van der Waals surface area contributed by atoms with Gasteiger partial charge in [-0.3, -0.25) is 4.90 Å². The lowest BCUT2D eigenvalue weighted by atomic mass is 10.1. The van der Waals surface area contributed by atoms with E-state index < -0.39 is 0 Å². The molecule has 3 N–H and O–H groups in total. The topological polar surface area (TPSA) is 75.3 Å². The molecule has 0 spiro atoms. The van der Waals surface area contributed by atoms with Crippen molar-refractivity contribution < 1.29 is 5.11 Å². The van der Waals surface area contributed by atoms with Crippen LogP contribution >= 0.6 is 0 Å². The van der Waals surface area contributed by atoms with Gasteiger partial charge in [-0.05, 0) is 12.0 Å². The Kier molecular flexibility index (Phi) is 2.60. The molecular formula is C9H14N4O. The molecule has 2 heterocycles. The minimum atomic E-state index is 0.190. The molecule has 14 heavy (non-hydrogen) atoms. The second-order valence-corrected chi connectivity index (χ2v) is 3.45. The number of aliphatic hydroxyl groups excluding tert-OH is 1. The minimum absolute atomic E-state index is 0.190. The average Bonchev–Trinajstić information content (AvgIpc) is 2.17. The highest BCUT2D eigenvalue weighted by atomic mass is 16.3. The maximum atomic E-state index is 8.82. The van der Waals surface area contributed by atoms with Crippen LogP contribution in [-0.2, 0) is 13.0 Å². The van der Waals surface area contributed by atoms with E-state index in [9.17, 15) is 0 Å². The van der Waals surface area contributed by atoms with Crippen molar-refractivity contribution >= 4 is 5.95 Å². The molecule has 0 atom stereocenters. The van der Waals surface area contributed by atoms with E-state index >= 15 is 0 Å². The van der Waals surface area contributed by atoms with Crippen LogP contribution < -0.4 is 5.73 Å². The van der Waals surface area contributed by atoms with Crippen molar-refractivity contribution in [3.8, 4) is 0 Å². The second kappa shape index (κ2) is 3.89. The third-order valence-electron chi connectivity index (χ3n) is 2.46. The van der Waals surface area contributed by atoms with Gasteiger partial charge in [0.2, 0.25) is 5.95 Å². The van der Waals surface area contributed by atoms with Gasteiger partial charge in [-0.25, -0.2) is 9.97 Å². The molecule has 76 valence electrons. The first-order valence-electron chi connectivity index (χ1n) is 4.73. The predicted molar refractivity (Wildman–Crippen MR) is 52.5 cm³/mol. The van der Waals surface area contributed by atoms with Gasteiger partial charge in [0.15, 0.2) is 0 Å². The summed E-state index contributed by atoms with van der Waals surface area (Å²) < 4.78 is 0. The Labute approximate surface area is 82.6 Å². The Morgan fingerprint density at radius 1 is 1.57 bits per heavy atom. The lowest BCUT2D eigenvalue weighted by Gasteiger charge is -2.26. The summed E-state index contributed by atoms with van der Waals surface area (Å²) in [5.74, 6) is 0.328. The van der Waals surface area contributed by atoms with E-state index in [1.54, 1.807) is 6.20 Å². The fourth-order valence-corrected chi connectivity index (χ4v) is 1.70. The van der Waals surface area contributed by atoms with Crippen LogP contribution in [0.3, 0.4) is 0 Å². The molecule has 0 aromatic carbocycles. The number of rotatable bonds is 2. The molecule has 0 fully saturated rings. The molecule has 0 bridgehead atoms. The Balaban J connectivity index is 2.16. The number of hydrogen-bond donors (Lipinski definition) is 2. The van der Waals surface area contributed by atoms with Gasteiger partial charge in [0.25, 0.3) is 0 Å². The number of aromatic nitrogens is 2. The molecular weight excluding hydrogens is 180 g/mol. The Bertz CT molecular complexity index is 329. The van der Waals surface area contributed by atoms with Crippen LogP contribution in [0.25, 0.3) is 0 Å². The van der Waals surface area contributed by atoms with Gasteiger partial charge in [0.05, 0.1) is 12.3 Å². The van der Waals surface area contributed by atoms with Gasteiger partial charge in [0, 0.05) is 25.8 Å². The van der Waals surface area contributed by atoms with Gasteiger partial charge in [-0.2, -0.15) is 0 Å². The molecule has 0 saturated carbocycles. The molecule has 1 aromatic rings. The molecule has 1 aliphatic heterocycles. The molecule has 0 aliphatic carbocycles. The number of fused-ring (bicyclic) bond motifs is 1. The number of nitrogen functional groups attached to an aromatic ring is 1. The fraction of sp³-hybridized carbons (Fsp3) is 0.556. The highest BCUT2D eigenvalue weighted by Gasteiger charge is 2.17.